The molecule has 1 aromatic carbocycles. The third kappa shape index (κ3) is 1.90. The Morgan fingerprint density at radius 1 is 1.45 bits per heavy atom. The first kappa shape index (κ1) is 8.47. The van der Waals surface area contributed by atoms with Gasteiger partial charge in [-0.2, -0.15) is 0 Å². The number of anilines is 1. The van der Waals surface area contributed by atoms with Gasteiger partial charge in [-0.1, -0.05) is 6.92 Å². The summed E-state index contributed by atoms with van der Waals surface area (Å²) in [5.41, 5.74) is 7.90. The largest absolute Gasteiger partial charge is 0.399 e. The highest BCUT2D eigenvalue weighted by Crippen LogP contribution is 2.20. The van der Waals surface area contributed by atoms with E-state index in [0.717, 1.165) is 12.1 Å². The van der Waals surface area contributed by atoms with Crippen molar-refractivity contribution in [3.8, 4) is 0 Å². The van der Waals surface area contributed by atoms with Crippen LogP contribution in [0.2, 0.25) is 0 Å². The summed E-state index contributed by atoms with van der Waals surface area (Å²) in [6.07, 6.45) is 3.09. The lowest BCUT2D eigenvalue weighted by molar-refractivity contribution is 1.13. The molecule has 1 rings (SSSR count). The van der Waals surface area contributed by atoms with Crippen LogP contribution in [0.3, 0.4) is 0 Å². The lowest BCUT2D eigenvalue weighted by Crippen LogP contribution is -1.92. The monoisotopic (exact) mass is 167 g/mol. The molecule has 0 atom stereocenters. The topological polar surface area (TPSA) is 26.0 Å². The van der Waals surface area contributed by atoms with Crippen molar-refractivity contribution in [1.82, 2.24) is 0 Å². The van der Waals surface area contributed by atoms with Crippen LogP contribution in [0.5, 0.6) is 0 Å². The predicted molar refractivity (Wildman–Crippen MR) is 52.0 cm³/mol. The second-order valence-corrected chi connectivity index (χ2v) is 3.30. The molecule has 0 heterocycles. The fourth-order valence-corrected chi connectivity index (χ4v) is 1.48. The summed E-state index contributed by atoms with van der Waals surface area (Å²) >= 11 is 1.75. The van der Waals surface area contributed by atoms with E-state index in [1.54, 1.807) is 11.8 Å². The molecule has 11 heavy (non-hydrogen) atoms. The van der Waals surface area contributed by atoms with Gasteiger partial charge in [0.05, 0.1) is 0 Å². The van der Waals surface area contributed by atoms with E-state index in [-0.39, 0.29) is 0 Å². The Kier molecular flexibility index (Phi) is 2.83. The molecule has 2 heteroatoms. The summed E-state index contributed by atoms with van der Waals surface area (Å²) in [7, 11) is 0. The highest BCUT2D eigenvalue weighted by Gasteiger charge is 1.96. The van der Waals surface area contributed by atoms with E-state index in [2.05, 4.69) is 25.3 Å². The molecular weight excluding hydrogens is 154 g/mol. The number of rotatable bonds is 2. The Labute approximate surface area is 72.0 Å². The summed E-state index contributed by atoms with van der Waals surface area (Å²) in [5.74, 6) is 0. The van der Waals surface area contributed by atoms with Gasteiger partial charge in [-0.25, -0.2) is 0 Å². The van der Waals surface area contributed by atoms with E-state index in [4.69, 9.17) is 5.73 Å². The van der Waals surface area contributed by atoms with E-state index in [9.17, 15) is 0 Å². The molecule has 60 valence electrons. The first-order chi connectivity index (χ1) is 5.27. The van der Waals surface area contributed by atoms with Gasteiger partial charge in [0.2, 0.25) is 0 Å². The minimum absolute atomic E-state index is 0.908. The molecule has 0 aliphatic carbocycles. The Hall–Kier alpha value is -0.630. The molecule has 0 unspecified atom stereocenters. The van der Waals surface area contributed by atoms with Gasteiger partial charge in [-0.05, 0) is 36.4 Å². The number of aryl methyl sites for hydroxylation is 1. The average Bonchev–Trinajstić information content (AvgIpc) is 2.05. The number of benzene rings is 1. The molecule has 2 N–H and O–H groups in total. The molecular formula is C9H13NS. The average molecular weight is 167 g/mol. The molecule has 1 aromatic rings. The molecule has 0 aromatic heterocycles. The van der Waals surface area contributed by atoms with Crippen LogP contribution in [0.4, 0.5) is 5.69 Å². The van der Waals surface area contributed by atoms with Crippen LogP contribution in [0.25, 0.3) is 0 Å². The molecule has 1 nitrogen and oxygen atoms in total. The molecule has 0 radical (unpaired) electrons. The zero-order chi connectivity index (χ0) is 8.27. The van der Waals surface area contributed by atoms with Gasteiger partial charge in [0.15, 0.2) is 0 Å². The Balaban J connectivity index is 3.02. The van der Waals surface area contributed by atoms with Crippen LogP contribution < -0.4 is 5.73 Å². The van der Waals surface area contributed by atoms with Gasteiger partial charge in [-0.3, -0.25) is 0 Å². The van der Waals surface area contributed by atoms with Crippen molar-refractivity contribution in [2.24, 2.45) is 0 Å². The van der Waals surface area contributed by atoms with E-state index in [0.29, 0.717) is 0 Å². The van der Waals surface area contributed by atoms with Crippen LogP contribution in [-0.2, 0) is 6.42 Å². The van der Waals surface area contributed by atoms with Crippen LogP contribution in [0, 0.1) is 0 Å². The van der Waals surface area contributed by atoms with Gasteiger partial charge >= 0.3 is 0 Å². The van der Waals surface area contributed by atoms with Crippen molar-refractivity contribution >= 4 is 17.4 Å². The smallest absolute Gasteiger partial charge is 0.0347 e. The molecule has 0 amide bonds. The first-order valence-corrected chi connectivity index (χ1v) is 4.92. The Bertz CT molecular complexity index is 245. The van der Waals surface area contributed by atoms with E-state index in [1.807, 2.05) is 6.07 Å². The number of nitrogens with two attached hydrogens (primary N) is 1. The standard InChI is InChI=1S/C9H13NS/c1-3-7-6-8(11-2)4-5-9(7)10/h4-6H,3,10H2,1-2H3. The normalized spacial score (nSPS) is 10.0. The third-order valence-corrected chi connectivity index (χ3v) is 2.46. The molecule has 0 fully saturated rings. The lowest BCUT2D eigenvalue weighted by Gasteiger charge is -2.03. The van der Waals surface area contributed by atoms with Gasteiger partial charge in [0.25, 0.3) is 0 Å². The summed E-state index contributed by atoms with van der Waals surface area (Å²) in [6.45, 7) is 2.12. The summed E-state index contributed by atoms with van der Waals surface area (Å²) in [4.78, 5) is 1.29. The van der Waals surface area contributed by atoms with E-state index < -0.39 is 0 Å². The predicted octanol–water partition coefficient (Wildman–Crippen LogP) is 2.55. The second-order valence-electron chi connectivity index (χ2n) is 2.42. The third-order valence-electron chi connectivity index (χ3n) is 1.73. The van der Waals surface area contributed by atoms with Gasteiger partial charge < -0.3 is 5.73 Å². The number of thioether (sulfide) groups is 1. The fraction of sp³-hybridized carbons (Fsp3) is 0.333. The van der Waals surface area contributed by atoms with Crippen molar-refractivity contribution in [2.45, 2.75) is 18.2 Å². The SMILES string of the molecule is CCc1cc(SC)ccc1N. The van der Waals surface area contributed by atoms with Crippen LogP contribution in [0.1, 0.15) is 12.5 Å². The zero-order valence-corrected chi connectivity index (χ0v) is 7.74. The zero-order valence-electron chi connectivity index (χ0n) is 6.92. The van der Waals surface area contributed by atoms with Crippen molar-refractivity contribution in [3.05, 3.63) is 23.8 Å². The molecule has 0 aliphatic heterocycles. The minimum atomic E-state index is 0.908. The number of nitrogen functional groups attached to an aromatic ring is 1. The van der Waals surface area contributed by atoms with Crippen LogP contribution in [0.15, 0.2) is 23.1 Å². The van der Waals surface area contributed by atoms with Crippen LogP contribution >= 0.6 is 11.8 Å². The lowest BCUT2D eigenvalue weighted by atomic mass is 10.1. The van der Waals surface area contributed by atoms with E-state index >= 15 is 0 Å². The van der Waals surface area contributed by atoms with E-state index in [1.165, 1.54) is 10.5 Å². The maximum Gasteiger partial charge on any atom is 0.0347 e. The first-order valence-electron chi connectivity index (χ1n) is 3.70. The molecule has 0 saturated heterocycles. The highest BCUT2D eigenvalue weighted by atomic mass is 32.2. The molecule has 0 saturated carbocycles. The van der Waals surface area contributed by atoms with Gasteiger partial charge in [0, 0.05) is 10.6 Å². The Morgan fingerprint density at radius 3 is 2.73 bits per heavy atom. The number of hydrogen-bond donors (Lipinski definition) is 1. The maximum atomic E-state index is 5.75. The highest BCUT2D eigenvalue weighted by molar-refractivity contribution is 7.98. The van der Waals surface area contributed by atoms with Crippen molar-refractivity contribution in [3.63, 3.8) is 0 Å². The quantitative estimate of drug-likeness (QED) is 0.541. The Morgan fingerprint density at radius 2 is 2.18 bits per heavy atom. The van der Waals surface area contributed by atoms with Gasteiger partial charge in [0.1, 0.15) is 0 Å². The second kappa shape index (κ2) is 3.67. The maximum absolute atomic E-state index is 5.75. The molecule has 0 spiro atoms. The fourth-order valence-electron chi connectivity index (χ4n) is 1.02. The minimum Gasteiger partial charge on any atom is -0.399 e. The molecule has 0 bridgehead atoms. The summed E-state index contributed by atoms with van der Waals surface area (Å²) in [5, 5.41) is 0. The molecule has 0 aliphatic rings. The summed E-state index contributed by atoms with van der Waals surface area (Å²) in [6, 6.07) is 6.18. The van der Waals surface area contributed by atoms with Crippen molar-refractivity contribution in [2.75, 3.05) is 12.0 Å². The summed E-state index contributed by atoms with van der Waals surface area (Å²) < 4.78 is 0. The number of hydrogen-bond acceptors (Lipinski definition) is 2. The van der Waals surface area contributed by atoms with Crippen LogP contribution in [-0.4, -0.2) is 6.26 Å². The van der Waals surface area contributed by atoms with Crippen molar-refractivity contribution in [1.29, 1.82) is 0 Å². The van der Waals surface area contributed by atoms with Crippen molar-refractivity contribution < 1.29 is 0 Å². The van der Waals surface area contributed by atoms with Gasteiger partial charge in [-0.15, -0.1) is 11.8 Å².